The number of anilines is 1. The van der Waals surface area contributed by atoms with Gasteiger partial charge in [0.05, 0.1) is 22.9 Å². The molecule has 1 unspecified atom stereocenters. The molecule has 138 valence electrons. The summed E-state index contributed by atoms with van der Waals surface area (Å²) in [6.45, 7) is 5.13. The van der Waals surface area contributed by atoms with Gasteiger partial charge in [-0.05, 0) is 49.7 Å². The van der Waals surface area contributed by atoms with Crippen LogP contribution in [0.2, 0.25) is 0 Å². The number of nitrogens with zero attached hydrogens (tertiary/aromatic N) is 4. The summed E-state index contributed by atoms with van der Waals surface area (Å²) in [5, 5.41) is 28.4. The molecule has 0 heterocycles. The zero-order chi connectivity index (χ0) is 18.9. The molecule has 0 spiro atoms. The fraction of sp³-hybridized carbons (Fsp3) is 0.368. The summed E-state index contributed by atoms with van der Waals surface area (Å²) in [6.07, 6.45) is 2.15. The van der Waals surface area contributed by atoms with E-state index in [0.29, 0.717) is 11.4 Å². The number of rotatable bonds is 9. The lowest BCUT2D eigenvalue weighted by molar-refractivity contribution is -0.384. The minimum atomic E-state index is -0.447. The maximum absolute atomic E-state index is 10.6. The van der Waals surface area contributed by atoms with E-state index in [9.17, 15) is 15.2 Å². The molecule has 26 heavy (non-hydrogen) atoms. The Morgan fingerprint density at radius 2 is 1.62 bits per heavy atom. The minimum Gasteiger partial charge on any atom is -0.394 e. The zero-order valence-corrected chi connectivity index (χ0v) is 15.1. The molecule has 0 amide bonds. The summed E-state index contributed by atoms with van der Waals surface area (Å²) in [5.41, 5.74) is 2.31. The predicted molar refractivity (Wildman–Crippen MR) is 103 cm³/mol. The van der Waals surface area contributed by atoms with Crippen LogP contribution < -0.4 is 4.90 Å². The monoisotopic (exact) mass is 356 g/mol. The van der Waals surface area contributed by atoms with Crippen LogP contribution in [-0.2, 0) is 0 Å². The highest BCUT2D eigenvalue weighted by atomic mass is 16.6. The van der Waals surface area contributed by atoms with Crippen LogP contribution in [0.5, 0.6) is 0 Å². The fourth-order valence-electron chi connectivity index (χ4n) is 2.50. The van der Waals surface area contributed by atoms with Gasteiger partial charge >= 0.3 is 0 Å². The Morgan fingerprint density at radius 1 is 1.08 bits per heavy atom. The average molecular weight is 356 g/mol. The number of nitro groups is 1. The Bertz CT molecular complexity index is 729. The van der Waals surface area contributed by atoms with Crippen molar-refractivity contribution >= 4 is 22.7 Å². The van der Waals surface area contributed by atoms with E-state index in [-0.39, 0.29) is 18.3 Å². The lowest BCUT2D eigenvalue weighted by Crippen LogP contribution is -2.36. The van der Waals surface area contributed by atoms with Crippen LogP contribution in [0.3, 0.4) is 0 Å². The number of hydrogen-bond acceptors (Lipinski definition) is 6. The molecule has 2 rings (SSSR count). The van der Waals surface area contributed by atoms with E-state index in [1.54, 1.807) is 12.1 Å². The van der Waals surface area contributed by atoms with Crippen LogP contribution in [0.4, 0.5) is 22.7 Å². The molecule has 2 aromatic rings. The van der Waals surface area contributed by atoms with Crippen LogP contribution in [0, 0.1) is 10.1 Å². The molecule has 7 nitrogen and oxygen atoms in total. The first-order chi connectivity index (χ1) is 12.5. The quantitative estimate of drug-likeness (QED) is 0.389. The lowest BCUT2D eigenvalue weighted by Gasteiger charge is -2.30. The molecule has 0 aliphatic carbocycles. The van der Waals surface area contributed by atoms with Gasteiger partial charge in [-0.1, -0.05) is 13.3 Å². The van der Waals surface area contributed by atoms with Crippen LogP contribution in [0.25, 0.3) is 0 Å². The largest absolute Gasteiger partial charge is 0.394 e. The van der Waals surface area contributed by atoms with Gasteiger partial charge in [-0.2, -0.15) is 10.2 Å². The summed E-state index contributed by atoms with van der Waals surface area (Å²) in [7, 11) is 0. The molecule has 1 atom stereocenters. The predicted octanol–water partition coefficient (Wildman–Crippen LogP) is 5.00. The Labute approximate surface area is 153 Å². The van der Waals surface area contributed by atoms with E-state index in [4.69, 9.17) is 0 Å². The van der Waals surface area contributed by atoms with Crippen LogP contribution in [0.15, 0.2) is 58.8 Å². The minimum absolute atomic E-state index is 0.0264. The van der Waals surface area contributed by atoms with E-state index in [0.717, 1.165) is 25.1 Å². The number of non-ortho nitro benzene ring substituents is 1. The van der Waals surface area contributed by atoms with Crippen molar-refractivity contribution in [3.05, 3.63) is 58.6 Å². The molecule has 0 aliphatic rings. The summed E-state index contributed by atoms with van der Waals surface area (Å²) < 4.78 is 0. The number of aliphatic hydroxyl groups is 1. The van der Waals surface area contributed by atoms with Gasteiger partial charge in [-0.3, -0.25) is 10.1 Å². The Hall–Kier alpha value is -2.80. The van der Waals surface area contributed by atoms with E-state index >= 15 is 0 Å². The fourth-order valence-corrected chi connectivity index (χ4v) is 2.50. The summed E-state index contributed by atoms with van der Waals surface area (Å²) >= 11 is 0. The first-order valence-electron chi connectivity index (χ1n) is 8.69. The molecule has 2 aromatic carbocycles. The number of azo groups is 1. The molecule has 0 fully saturated rings. The van der Waals surface area contributed by atoms with E-state index < -0.39 is 4.92 Å². The third kappa shape index (κ3) is 5.35. The third-order valence-corrected chi connectivity index (χ3v) is 4.07. The number of nitro benzene ring substituents is 1. The van der Waals surface area contributed by atoms with Gasteiger partial charge in [0.25, 0.3) is 5.69 Å². The molecule has 1 N–H and O–H groups in total. The van der Waals surface area contributed by atoms with Crippen molar-refractivity contribution in [3.63, 3.8) is 0 Å². The van der Waals surface area contributed by atoms with Crippen LogP contribution >= 0.6 is 0 Å². The van der Waals surface area contributed by atoms with Gasteiger partial charge in [0.1, 0.15) is 0 Å². The normalized spacial score (nSPS) is 12.3. The Morgan fingerprint density at radius 3 is 2.08 bits per heavy atom. The summed E-state index contributed by atoms with van der Waals surface area (Å²) in [6, 6.07) is 13.6. The molecular formula is C19H24N4O3. The molecular weight excluding hydrogens is 332 g/mol. The topological polar surface area (TPSA) is 91.3 Å². The molecule has 0 saturated heterocycles. The van der Waals surface area contributed by atoms with E-state index in [1.165, 1.54) is 12.1 Å². The first-order valence-corrected chi connectivity index (χ1v) is 8.69. The molecule has 0 radical (unpaired) electrons. The Balaban J connectivity index is 2.08. The van der Waals surface area contributed by atoms with Gasteiger partial charge < -0.3 is 10.0 Å². The number of hydrogen-bond donors (Lipinski definition) is 1. The van der Waals surface area contributed by atoms with E-state index in [2.05, 4.69) is 22.1 Å². The first kappa shape index (κ1) is 19.5. The molecule has 0 aliphatic heterocycles. The lowest BCUT2D eigenvalue weighted by atomic mass is 10.2. The highest BCUT2D eigenvalue weighted by Gasteiger charge is 2.13. The standard InChI is InChI=1S/C19H24N4O3/c1-3-4-13-22(15(2)14-24)18-9-5-16(6-10-18)20-21-17-7-11-19(12-8-17)23(25)26/h5-12,15,24H,3-4,13-14H2,1-2H3. The van der Waals surface area contributed by atoms with Crippen LogP contribution in [0.1, 0.15) is 26.7 Å². The third-order valence-electron chi connectivity index (χ3n) is 4.07. The van der Waals surface area contributed by atoms with Crippen molar-refractivity contribution in [1.29, 1.82) is 0 Å². The second kappa shape index (κ2) is 9.62. The van der Waals surface area contributed by atoms with Crippen molar-refractivity contribution < 1.29 is 10.0 Å². The smallest absolute Gasteiger partial charge is 0.269 e. The van der Waals surface area contributed by atoms with E-state index in [1.807, 2.05) is 31.2 Å². The van der Waals surface area contributed by atoms with Gasteiger partial charge in [0.2, 0.25) is 0 Å². The summed E-state index contributed by atoms with van der Waals surface area (Å²) in [4.78, 5) is 12.4. The van der Waals surface area contributed by atoms with Gasteiger partial charge in [-0.15, -0.1) is 0 Å². The molecule has 0 saturated carbocycles. The second-order valence-corrected chi connectivity index (χ2v) is 6.07. The molecule has 0 aromatic heterocycles. The van der Waals surface area contributed by atoms with Crippen molar-refractivity contribution in [2.75, 3.05) is 18.1 Å². The van der Waals surface area contributed by atoms with Crippen molar-refractivity contribution in [3.8, 4) is 0 Å². The number of unbranched alkanes of at least 4 members (excludes halogenated alkanes) is 1. The van der Waals surface area contributed by atoms with Crippen molar-refractivity contribution in [2.24, 2.45) is 10.2 Å². The van der Waals surface area contributed by atoms with Gasteiger partial charge in [-0.25, -0.2) is 0 Å². The maximum Gasteiger partial charge on any atom is 0.269 e. The SMILES string of the molecule is CCCCN(c1ccc(N=Nc2ccc([N+](=O)[O-])cc2)cc1)C(C)CO. The number of aliphatic hydroxyl groups excluding tert-OH is 1. The van der Waals surface area contributed by atoms with Crippen molar-refractivity contribution in [2.45, 2.75) is 32.7 Å². The van der Waals surface area contributed by atoms with Crippen LogP contribution in [-0.4, -0.2) is 29.2 Å². The summed E-state index contributed by atoms with van der Waals surface area (Å²) in [5.74, 6) is 0. The van der Waals surface area contributed by atoms with Gasteiger partial charge in [0.15, 0.2) is 0 Å². The van der Waals surface area contributed by atoms with Gasteiger partial charge in [0, 0.05) is 30.4 Å². The zero-order valence-electron chi connectivity index (χ0n) is 15.1. The second-order valence-electron chi connectivity index (χ2n) is 6.07. The average Bonchev–Trinajstić information content (AvgIpc) is 2.67. The number of benzene rings is 2. The highest BCUT2D eigenvalue weighted by Crippen LogP contribution is 2.24. The molecule has 0 bridgehead atoms. The van der Waals surface area contributed by atoms with Crippen molar-refractivity contribution in [1.82, 2.24) is 0 Å². The molecule has 7 heteroatoms. The Kier molecular flexibility index (Phi) is 7.23. The highest BCUT2D eigenvalue weighted by molar-refractivity contribution is 5.53. The maximum atomic E-state index is 10.6.